The second-order valence-electron chi connectivity index (χ2n) is 4.17. The van der Waals surface area contributed by atoms with Crippen LogP contribution in [0.15, 0.2) is 0 Å². The Morgan fingerprint density at radius 3 is 2.61 bits per heavy atom. The Hall–Kier alpha value is -1.14. The lowest BCUT2D eigenvalue weighted by atomic mass is 10.3. The molecule has 1 aromatic heterocycles. The maximum Gasteiger partial charge on any atom is 0.231 e. The zero-order valence-corrected chi connectivity index (χ0v) is 11.8. The molecule has 18 heavy (non-hydrogen) atoms. The van der Waals surface area contributed by atoms with Crippen LogP contribution < -0.4 is 10.2 Å². The zero-order valence-electron chi connectivity index (χ0n) is 11.0. The van der Waals surface area contributed by atoms with E-state index in [1.165, 1.54) is 0 Å². The van der Waals surface area contributed by atoms with Gasteiger partial charge in [0.2, 0.25) is 17.2 Å². The van der Waals surface area contributed by atoms with E-state index in [9.17, 15) is 0 Å². The van der Waals surface area contributed by atoms with Crippen LogP contribution in [0.3, 0.4) is 0 Å². The van der Waals surface area contributed by atoms with Gasteiger partial charge in [-0.25, -0.2) is 0 Å². The van der Waals surface area contributed by atoms with Crippen LogP contribution in [0.1, 0.15) is 27.2 Å². The van der Waals surface area contributed by atoms with Gasteiger partial charge in [-0.05, 0) is 31.9 Å². The van der Waals surface area contributed by atoms with Crippen molar-refractivity contribution in [2.75, 3.05) is 29.9 Å². The summed E-state index contributed by atoms with van der Waals surface area (Å²) in [6, 6.07) is 0.176. The van der Waals surface area contributed by atoms with Gasteiger partial charge in [0, 0.05) is 19.1 Å². The average molecular weight is 274 g/mol. The molecule has 0 unspecified atom stereocenters. The fourth-order valence-electron chi connectivity index (χ4n) is 1.48. The van der Waals surface area contributed by atoms with Gasteiger partial charge in [-0.2, -0.15) is 15.0 Å². The molecule has 1 aromatic rings. The van der Waals surface area contributed by atoms with E-state index in [0.29, 0.717) is 18.4 Å². The molecule has 102 valence electrons. The molecular formula is C11H20ClN5O. The molecule has 0 fully saturated rings. The van der Waals surface area contributed by atoms with E-state index in [0.717, 1.165) is 13.0 Å². The van der Waals surface area contributed by atoms with Crippen molar-refractivity contribution >= 4 is 23.5 Å². The van der Waals surface area contributed by atoms with Crippen molar-refractivity contribution in [1.82, 2.24) is 15.0 Å². The van der Waals surface area contributed by atoms with Crippen molar-refractivity contribution in [2.24, 2.45) is 0 Å². The fraction of sp³-hybridized carbons (Fsp3) is 0.727. The zero-order chi connectivity index (χ0) is 13.5. The van der Waals surface area contributed by atoms with Gasteiger partial charge in [-0.1, -0.05) is 6.92 Å². The van der Waals surface area contributed by atoms with Crippen LogP contribution in [0.5, 0.6) is 0 Å². The monoisotopic (exact) mass is 273 g/mol. The second-order valence-corrected chi connectivity index (χ2v) is 4.50. The van der Waals surface area contributed by atoms with Crippen molar-refractivity contribution in [2.45, 2.75) is 33.2 Å². The standard InChI is InChI=1S/C11H20ClN5O/c1-4-5-13-10-14-9(12)15-11(16-10)17(6-7-18)8(2)3/h8,18H,4-7H2,1-3H3,(H,13,14,15,16). The molecule has 0 bridgehead atoms. The Labute approximate surface area is 112 Å². The van der Waals surface area contributed by atoms with E-state index in [4.69, 9.17) is 16.7 Å². The molecule has 0 aliphatic heterocycles. The van der Waals surface area contributed by atoms with Crippen molar-refractivity contribution < 1.29 is 5.11 Å². The van der Waals surface area contributed by atoms with E-state index < -0.39 is 0 Å². The van der Waals surface area contributed by atoms with Crippen molar-refractivity contribution in [1.29, 1.82) is 0 Å². The van der Waals surface area contributed by atoms with Gasteiger partial charge in [0.15, 0.2) is 0 Å². The summed E-state index contributed by atoms with van der Waals surface area (Å²) < 4.78 is 0. The predicted molar refractivity (Wildman–Crippen MR) is 73.2 cm³/mol. The number of aliphatic hydroxyl groups excluding tert-OH is 1. The first kappa shape index (κ1) is 14.9. The van der Waals surface area contributed by atoms with Crippen LogP contribution in [0, 0.1) is 0 Å². The molecule has 0 aliphatic rings. The Bertz CT molecular complexity index is 374. The smallest absolute Gasteiger partial charge is 0.231 e. The van der Waals surface area contributed by atoms with Crippen LogP contribution in [0.2, 0.25) is 5.28 Å². The summed E-state index contributed by atoms with van der Waals surface area (Å²) in [6.45, 7) is 7.35. The molecule has 0 atom stereocenters. The minimum absolute atomic E-state index is 0.0409. The summed E-state index contributed by atoms with van der Waals surface area (Å²) in [4.78, 5) is 14.3. The van der Waals surface area contributed by atoms with E-state index in [2.05, 4.69) is 27.2 Å². The summed E-state index contributed by atoms with van der Waals surface area (Å²) >= 11 is 5.89. The van der Waals surface area contributed by atoms with E-state index >= 15 is 0 Å². The summed E-state index contributed by atoms with van der Waals surface area (Å²) in [6.07, 6.45) is 0.975. The molecule has 0 saturated heterocycles. The molecule has 7 heteroatoms. The van der Waals surface area contributed by atoms with Gasteiger partial charge in [-0.15, -0.1) is 0 Å². The van der Waals surface area contributed by atoms with Gasteiger partial charge in [0.1, 0.15) is 0 Å². The first-order valence-electron chi connectivity index (χ1n) is 6.11. The number of anilines is 2. The number of nitrogens with one attached hydrogen (secondary N) is 1. The highest BCUT2D eigenvalue weighted by atomic mass is 35.5. The first-order valence-corrected chi connectivity index (χ1v) is 6.49. The van der Waals surface area contributed by atoms with E-state index in [1.54, 1.807) is 0 Å². The molecular weight excluding hydrogens is 254 g/mol. The van der Waals surface area contributed by atoms with Crippen molar-refractivity contribution in [3.63, 3.8) is 0 Å². The third-order valence-electron chi connectivity index (χ3n) is 2.35. The second kappa shape index (κ2) is 7.33. The van der Waals surface area contributed by atoms with Gasteiger partial charge in [-0.3, -0.25) is 0 Å². The SMILES string of the molecule is CCCNc1nc(Cl)nc(N(CCO)C(C)C)n1. The normalized spacial score (nSPS) is 10.8. The van der Waals surface area contributed by atoms with Crippen LogP contribution in [-0.4, -0.2) is 45.8 Å². The van der Waals surface area contributed by atoms with Crippen molar-refractivity contribution in [3.8, 4) is 0 Å². The number of nitrogens with zero attached hydrogens (tertiary/aromatic N) is 4. The van der Waals surface area contributed by atoms with Crippen molar-refractivity contribution in [3.05, 3.63) is 5.28 Å². The lowest BCUT2D eigenvalue weighted by molar-refractivity contribution is 0.298. The van der Waals surface area contributed by atoms with Gasteiger partial charge in [0.05, 0.1) is 6.61 Å². The Morgan fingerprint density at radius 2 is 2.06 bits per heavy atom. The van der Waals surface area contributed by atoms with E-state index in [-0.39, 0.29) is 17.9 Å². The third-order valence-corrected chi connectivity index (χ3v) is 2.52. The molecule has 0 amide bonds. The Balaban J connectivity index is 2.95. The summed E-state index contributed by atoms with van der Waals surface area (Å²) in [7, 11) is 0. The Morgan fingerprint density at radius 1 is 1.33 bits per heavy atom. The van der Waals surface area contributed by atoms with Crippen LogP contribution >= 0.6 is 11.6 Å². The summed E-state index contributed by atoms with van der Waals surface area (Å²) in [5, 5.41) is 12.3. The summed E-state index contributed by atoms with van der Waals surface area (Å²) in [5.41, 5.74) is 0. The molecule has 6 nitrogen and oxygen atoms in total. The molecule has 0 saturated carbocycles. The number of hydrogen-bond donors (Lipinski definition) is 2. The molecule has 0 spiro atoms. The lowest BCUT2D eigenvalue weighted by Crippen LogP contribution is -2.35. The first-order chi connectivity index (χ1) is 8.58. The predicted octanol–water partition coefficient (Wildman–Crippen LogP) is 1.55. The molecule has 2 N–H and O–H groups in total. The quantitative estimate of drug-likeness (QED) is 0.785. The lowest BCUT2D eigenvalue weighted by Gasteiger charge is -2.25. The molecule has 1 rings (SSSR count). The number of halogens is 1. The van der Waals surface area contributed by atoms with Gasteiger partial charge in [0.25, 0.3) is 0 Å². The third kappa shape index (κ3) is 4.27. The Kier molecular flexibility index (Phi) is 6.07. The molecule has 1 heterocycles. The molecule has 0 radical (unpaired) electrons. The highest BCUT2D eigenvalue weighted by molar-refractivity contribution is 6.28. The highest BCUT2D eigenvalue weighted by Gasteiger charge is 2.15. The van der Waals surface area contributed by atoms with Crippen LogP contribution in [0.25, 0.3) is 0 Å². The minimum Gasteiger partial charge on any atom is -0.395 e. The number of hydrogen-bond acceptors (Lipinski definition) is 6. The number of rotatable bonds is 7. The van der Waals surface area contributed by atoms with Gasteiger partial charge < -0.3 is 15.3 Å². The maximum atomic E-state index is 9.07. The molecule has 0 aromatic carbocycles. The number of aromatic nitrogens is 3. The maximum absolute atomic E-state index is 9.07. The topological polar surface area (TPSA) is 74.2 Å². The van der Waals surface area contributed by atoms with Gasteiger partial charge >= 0.3 is 0 Å². The largest absolute Gasteiger partial charge is 0.395 e. The number of aliphatic hydroxyl groups is 1. The average Bonchev–Trinajstić information content (AvgIpc) is 2.32. The highest BCUT2D eigenvalue weighted by Crippen LogP contribution is 2.15. The minimum atomic E-state index is 0.0409. The van der Waals surface area contributed by atoms with Crippen LogP contribution in [0.4, 0.5) is 11.9 Å². The summed E-state index contributed by atoms with van der Waals surface area (Å²) in [5.74, 6) is 0.952. The fourth-order valence-corrected chi connectivity index (χ4v) is 1.64. The molecule has 0 aliphatic carbocycles. The van der Waals surface area contributed by atoms with E-state index in [1.807, 2.05) is 18.7 Å². The van der Waals surface area contributed by atoms with Crippen LogP contribution in [-0.2, 0) is 0 Å².